The summed E-state index contributed by atoms with van der Waals surface area (Å²) in [4.78, 5) is 11.6. The Kier molecular flexibility index (Phi) is 4.27. The van der Waals surface area contributed by atoms with E-state index in [0.717, 1.165) is 27.8 Å². The highest BCUT2D eigenvalue weighted by molar-refractivity contribution is 6.04. The molecule has 1 aromatic carbocycles. The quantitative estimate of drug-likeness (QED) is 0.720. The Morgan fingerprint density at radius 3 is 2.75 bits per heavy atom. The number of nitrogen functional groups attached to an aromatic ring is 1. The number of H-pyrrole nitrogens is 1. The molecule has 6 nitrogen and oxygen atoms in total. The number of methoxy groups -OCH3 is 1. The normalized spacial score (nSPS) is 11.6. The van der Waals surface area contributed by atoms with E-state index in [0.29, 0.717) is 17.0 Å². The molecule has 120 valence electrons. The number of benzene rings is 1. The highest BCUT2D eigenvalue weighted by Crippen LogP contribution is 2.35. The third-order valence-electron chi connectivity index (χ3n) is 3.75. The van der Waals surface area contributed by atoms with Crippen LogP contribution in [0.5, 0.6) is 0 Å². The molecule has 3 rings (SSSR count). The summed E-state index contributed by atoms with van der Waals surface area (Å²) < 4.78 is 5.07. The van der Waals surface area contributed by atoms with Crippen molar-refractivity contribution in [2.24, 2.45) is 0 Å². The molecule has 2 heterocycles. The number of fused-ring (bicyclic) bond motifs is 1. The third-order valence-corrected chi connectivity index (χ3v) is 3.75. The van der Waals surface area contributed by atoms with Crippen LogP contribution in [0.3, 0.4) is 0 Å². The maximum atomic E-state index is 9.28. The number of ether oxygens (including phenoxy) is 1. The van der Waals surface area contributed by atoms with Crippen LogP contribution in [0.15, 0.2) is 36.2 Å². The first-order valence-electron chi connectivity index (χ1n) is 7.43. The van der Waals surface area contributed by atoms with Crippen molar-refractivity contribution in [3.63, 3.8) is 0 Å². The summed E-state index contributed by atoms with van der Waals surface area (Å²) in [5.41, 5.74) is 11.0. The lowest BCUT2D eigenvalue weighted by molar-refractivity contribution is 0.229. The fraction of sp³-hybridized carbons (Fsp3) is 0.167. The first-order chi connectivity index (χ1) is 11.6. The summed E-state index contributed by atoms with van der Waals surface area (Å²) in [6, 6.07) is 10.2. The third kappa shape index (κ3) is 2.85. The van der Waals surface area contributed by atoms with Crippen LogP contribution in [0.2, 0.25) is 0 Å². The molecule has 3 N–H and O–H groups in total. The second-order valence-corrected chi connectivity index (χ2v) is 5.48. The van der Waals surface area contributed by atoms with Crippen molar-refractivity contribution in [2.45, 2.75) is 6.92 Å². The van der Waals surface area contributed by atoms with E-state index in [1.165, 1.54) is 6.33 Å². The van der Waals surface area contributed by atoms with E-state index in [1.807, 2.05) is 31.2 Å². The van der Waals surface area contributed by atoms with Crippen LogP contribution in [0, 0.1) is 18.3 Å². The summed E-state index contributed by atoms with van der Waals surface area (Å²) in [6.45, 7) is 2.27. The molecule has 0 unspecified atom stereocenters. The molecule has 0 aliphatic rings. The molecule has 0 aliphatic carbocycles. The second kappa shape index (κ2) is 6.52. The van der Waals surface area contributed by atoms with Crippen LogP contribution in [0.25, 0.3) is 28.2 Å². The molecule has 0 amide bonds. The van der Waals surface area contributed by atoms with Crippen molar-refractivity contribution in [3.05, 3.63) is 47.4 Å². The highest BCUT2D eigenvalue weighted by Gasteiger charge is 2.16. The van der Waals surface area contributed by atoms with Crippen molar-refractivity contribution in [1.29, 1.82) is 5.26 Å². The van der Waals surface area contributed by atoms with Gasteiger partial charge in [-0.15, -0.1) is 0 Å². The van der Waals surface area contributed by atoms with Gasteiger partial charge in [0.15, 0.2) is 0 Å². The average Bonchev–Trinajstić information content (AvgIpc) is 2.94. The molecule has 0 fully saturated rings. The summed E-state index contributed by atoms with van der Waals surface area (Å²) in [5, 5.41) is 10.0. The van der Waals surface area contributed by atoms with Gasteiger partial charge in [0.2, 0.25) is 0 Å². The molecule has 2 aromatic heterocycles. The highest BCUT2D eigenvalue weighted by atomic mass is 16.5. The average molecular weight is 319 g/mol. The first-order valence-corrected chi connectivity index (χ1v) is 7.43. The lowest BCUT2D eigenvalue weighted by atomic mass is 10.0. The van der Waals surface area contributed by atoms with Gasteiger partial charge in [-0.2, -0.15) is 5.26 Å². The van der Waals surface area contributed by atoms with Gasteiger partial charge in [0.1, 0.15) is 17.8 Å². The maximum Gasteiger partial charge on any atom is 0.143 e. The number of hydrogen-bond acceptors (Lipinski definition) is 5. The Morgan fingerprint density at radius 1 is 1.33 bits per heavy atom. The van der Waals surface area contributed by atoms with E-state index in [-0.39, 0.29) is 6.61 Å². The summed E-state index contributed by atoms with van der Waals surface area (Å²) >= 11 is 0. The zero-order valence-electron chi connectivity index (χ0n) is 13.5. The molecule has 0 radical (unpaired) electrons. The Bertz CT molecular complexity index is 948. The fourth-order valence-electron chi connectivity index (χ4n) is 2.63. The molecule has 0 spiro atoms. The smallest absolute Gasteiger partial charge is 0.143 e. The largest absolute Gasteiger partial charge is 0.383 e. The predicted molar refractivity (Wildman–Crippen MR) is 93.9 cm³/mol. The van der Waals surface area contributed by atoms with Crippen molar-refractivity contribution in [1.82, 2.24) is 15.0 Å². The topological polar surface area (TPSA) is 101 Å². The van der Waals surface area contributed by atoms with Crippen LogP contribution in [-0.4, -0.2) is 28.7 Å². The van der Waals surface area contributed by atoms with Crippen molar-refractivity contribution < 1.29 is 4.74 Å². The van der Waals surface area contributed by atoms with Gasteiger partial charge in [-0.25, -0.2) is 9.97 Å². The van der Waals surface area contributed by atoms with E-state index >= 15 is 0 Å². The van der Waals surface area contributed by atoms with Crippen LogP contribution in [-0.2, 0) is 4.74 Å². The zero-order valence-corrected chi connectivity index (χ0v) is 13.5. The van der Waals surface area contributed by atoms with Crippen LogP contribution in [0.1, 0.15) is 11.3 Å². The van der Waals surface area contributed by atoms with Gasteiger partial charge in [0, 0.05) is 18.4 Å². The zero-order chi connectivity index (χ0) is 17.1. The minimum Gasteiger partial charge on any atom is -0.383 e. The maximum absolute atomic E-state index is 9.28. The molecule has 0 saturated heterocycles. The minimum atomic E-state index is 0.236. The molecule has 0 saturated carbocycles. The van der Waals surface area contributed by atoms with Crippen LogP contribution >= 0.6 is 0 Å². The molecule has 24 heavy (non-hydrogen) atoms. The number of anilines is 1. The lowest BCUT2D eigenvalue weighted by Crippen LogP contribution is -1.93. The van der Waals surface area contributed by atoms with Gasteiger partial charge in [-0.05, 0) is 18.6 Å². The number of rotatable bonds is 4. The Morgan fingerprint density at radius 2 is 2.08 bits per heavy atom. The summed E-state index contributed by atoms with van der Waals surface area (Å²) in [5.74, 6) is 0.400. The summed E-state index contributed by atoms with van der Waals surface area (Å²) in [7, 11) is 1.56. The number of hydrogen-bond donors (Lipinski definition) is 2. The molecule has 0 aliphatic heterocycles. The number of nitriles is 1. The van der Waals surface area contributed by atoms with Gasteiger partial charge in [0.25, 0.3) is 0 Å². The molecular formula is C18H17N5O. The lowest BCUT2D eigenvalue weighted by Gasteiger charge is -2.05. The Hall–Kier alpha value is -3.17. The molecule has 3 aromatic rings. The van der Waals surface area contributed by atoms with E-state index < -0.39 is 0 Å². The number of aromatic amines is 1. The van der Waals surface area contributed by atoms with Crippen LogP contribution < -0.4 is 5.73 Å². The molecule has 0 atom stereocenters. The van der Waals surface area contributed by atoms with Gasteiger partial charge in [-0.1, -0.05) is 29.8 Å². The van der Waals surface area contributed by atoms with Gasteiger partial charge >= 0.3 is 0 Å². The monoisotopic (exact) mass is 319 g/mol. The van der Waals surface area contributed by atoms with Gasteiger partial charge in [0.05, 0.1) is 23.6 Å². The second-order valence-electron chi connectivity index (χ2n) is 5.48. The first kappa shape index (κ1) is 15.7. The van der Waals surface area contributed by atoms with E-state index in [9.17, 15) is 5.26 Å². The number of nitrogens with zero attached hydrogens (tertiary/aromatic N) is 3. The molecule has 6 heteroatoms. The summed E-state index contributed by atoms with van der Waals surface area (Å²) in [6.07, 6.45) is 3.18. The van der Waals surface area contributed by atoms with Crippen molar-refractivity contribution in [2.75, 3.05) is 19.5 Å². The Labute approximate surface area is 139 Å². The number of nitrogens with one attached hydrogen (secondary N) is 1. The number of aromatic nitrogens is 3. The van der Waals surface area contributed by atoms with Crippen LogP contribution in [0.4, 0.5) is 5.82 Å². The predicted octanol–water partition coefficient (Wildman–Crippen LogP) is 3.07. The Balaban J connectivity index is 2.29. The van der Waals surface area contributed by atoms with E-state index in [1.54, 1.807) is 13.2 Å². The van der Waals surface area contributed by atoms with E-state index in [2.05, 4.69) is 21.0 Å². The molecule has 0 bridgehead atoms. The van der Waals surface area contributed by atoms with Crippen molar-refractivity contribution in [3.8, 4) is 17.2 Å². The van der Waals surface area contributed by atoms with Gasteiger partial charge in [-0.3, -0.25) is 0 Å². The standard InChI is InChI=1S/C18H17N5O/c1-11-3-5-13(6-4-11)15-14(7-12(8-19)9-24-2)23-18-16(15)17(20)21-10-22-18/h3-7,10H,9H2,1-2H3,(H3,20,21,22,23). The van der Waals surface area contributed by atoms with E-state index in [4.69, 9.17) is 10.5 Å². The number of aryl methyl sites for hydroxylation is 1. The SMILES string of the molecule is COCC(C#N)=Cc1[nH]c2ncnc(N)c2c1-c1ccc(C)cc1. The fourth-order valence-corrected chi connectivity index (χ4v) is 2.63. The molecular weight excluding hydrogens is 302 g/mol. The number of nitrogens with two attached hydrogens (primary N) is 1. The van der Waals surface area contributed by atoms with Crippen molar-refractivity contribution >= 4 is 22.9 Å². The van der Waals surface area contributed by atoms with Gasteiger partial charge < -0.3 is 15.5 Å². The minimum absolute atomic E-state index is 0.236.